The lowest BCUT2D eigenvalue weighted by atomic mass is 9.99. The van der Waals surface area contributed by atoms with Crippen LogP contribution >= 0.6 is 23.4 Å². The molecule has 0 amide bonds. The maximum atomic E-state index is 9.48. The van der Waals surface area contributed by atoms with Crippen molar-refractivity contribution < 1.29 is 5.11 Å². The molecule has 1 unspecified atom stereocenters. The van der Waals surface area contributed by atoms with Gasteiger partial charge in [0.2, 0.25) is 0 Å². The molecule has 102 valence electrons. The maximum Gasteiger partial charge on any atom is 0.0610 e. The van der Waals surface area contributed by atoms with Gasteiger partial charge in [-0.1, -0.05) is 25.4 Å². The van der Waals surface area contributed by atoms with Crippen molar-refractivity contribution in [3.05, 3.63) is 29.3 Å². The first-order chi connectivity index (χ1) is 8.45. The molecule has 2 N–H and O–H groups in total. The summed E-state index contributed by atoms with van der Waals surface area (Å²) in [6, 6.07) is 8.24. The number of hydrogen-bond donors (Lipinski definition) is 2. The van der Waals surface area contributed by atoms with E-state index < -0.39 is 0 Å². The summed E-state index contributed by atoms with van der Waals surface area (Å²) < 4.78 is 0. The number of rotatable bonds is 7. The lowest BCUT2D eigenvalue weighted by molar-refractivity contribution is 0.162. The zero-order chi connectivity index (χ0) is 13.6. The Morgan fingerprint density at radius 2 is 1.94 bits per heavy atom. The van der Waals surface area contributed by atoms with Gasteiger partial charge in [-0.3, -0.25) is 0 Å². The normalized spacial score (nSPS) is 14.8. The first-order valence-electron chi connectivity index (χ1n) is 6.22. The zero-order valence-corrected chi connectivity index (χ0v) is 12.8. The third kappa shape index (κ3) is 5.61. The Morgan fingerprint density at radius 1 is 1.33 bits per heavy atom. The summed E-state index contributed by atoms with van der Waals surface area (Å²) in [7, 11) is 0. The van der Waals surface area contributed by atoms with Crippen LogP contribution < -0.4 is 5.32 Å². The molecular weight excluding hydrogens is 266 g/mol. The van der Waals surface area contributed by atoms with Crippen molar-refractivity contribution in [1.29, 1.82) is 0 Å². The van der Waals surface area contributed by atoms with Gasteiger partial charge in [-0.2, -0.15) is 0 Å². The van der Waals surface area contributed by atoms with E-state index in [1.54, 1.807) is 11.8 Å². The summed E-state index contributed by atoms with van der Waals surface area (Å²) >= 11 is 7.63. The fourth-order valence-corrected chi connectivity index (χ4v) is 3.06. The molecule has 18 heavy (non-hydrogen) atoms. The Kier molecular flexibility index (Phi) is 6.50. The molecule has 0 saturated heterocycles. The number of aliphatic hydroxyl groups is 1. The Balaban J connectivity index is 2.41. The average molecular weight is 288 g/mol. The van der Waals surface area contributed by atoms with Crippen molar-refractivity contribution in [3.8, 4) is 0 Å². The van der Waals surface area contributed by atoms with Crippen LogP contribution in [0.5, 0.6) is 0 Å². The van der Waals surface area contributed by atoms with Crippen LogP contribution in [0.1, 0.15) is 27.2 Å². The molecule has 0 saturated carbocycles. The Labute approximate surface area is 119 Å². The lowest BCUT2D eigenvalue weighted by Gasteiger charge is -2.31. The van der Waals surface area contributed by atoms with Crippen LogP contribution in [0.2, 0.25) is 5.02 Å². The van der Waals surface area contributed by atoms with Gasteiger partial charge >= 0.3 is 0 Å². The average Bonchev–Trinajstić information content (AvgIpc) is 2.31. The Morgan fingerprint density at radius 3 is 2.44 bits per heavy atom. The summed E-state index contributed by atoms with van der Waals surface area (Å²) in [6.45, 7) is 6.42. The molecule has 0 aliphatic carbocycles. The highest BCUT2D eigenvalue weighted by molar-refractivity contribution is 7.99. The van der Waals surface area contributed by atoms with Gasteiger partial charge in [-0.15, -0.1) is 11.8 Å². The van der Waals surface area contributed by atoms with E-state index in [0.717, 1.165) is 17.2 Å². The van der Waals surface area contributed by atoms with Gasteiger partial charge in [0.15, 0.2) is 0 Å². The number of benzene rings is 1. The van der Waals surface area contributed by atoms with Gasteiger partial charge in [0.1, 0.15) is 0 Å². The monoisotopic (exact) mass is 287 g/mol. The minimum atomic E-state index is -0.201. The summed E-state index contributed by atoms with van der Waals surface area (Å²) in [5.74, 6) is 0.971. The molecule has 0 aliphatic rings. The molecule has 0 fully saturated rings. The third-order valence-electron chi connectivity index (χ3n) is 2.72. The smallest absolute Gasteiger partial charge is 0.0610 e. The van der Waals surface area contributed by atoms with Crippen LogP contribution in [0.15, 0.2) is 29.2 Å². The van der Waals surface area contributed by atoms with E-state index in [0.29, 0.717) is 6.04 Å². The molecule has 0 heterocycles. The van der Waals surface area contributed by atoms with Crippen molar-refractivity contribution in [3.63, 3.8) is 0 Å². The van der Waals surface area contributed by atoms with E-state index in [-0.39, 0.29) is 12.1 Å². The highest BCUT2D eigenvalue weighted by Gasteiger charge is 2.23. The van der Waals surface area contributed by atoms with Gasteiger partial charge in [0, 0.05) is 21.5 Å². The molecule has 4 heteroatoms. The van der Waals surface area contributed by atoms with E-state index in [1.165, 1.54) is 4.90 Å². The predicted octanol–water partition coefficient (Wildman–Crippen LogP) is 3.57. The van der Waals surface area contributed by atoms with Gasteiger partial charge in [0.25, 0.3) is 0 Å². The van der Waals surface area contributed by atoms with Crippen LogP contribution in [0.25, 0.3) is 0 Å². The summed E-state index contributed by atoms with van der Waals surface area (Å²) in [6.07, 6.45) is 0.926. The molecule has 2 nitrogen and oxygen atoms in total. The topological polar surface area (TPSA) is 32.3 Å². The summed E-state index contributed by atoms with van der Waals surface area (Å²) in [5.41, 5.74) is -0.201. The van der Waals surface area contributed by atoms with E-state index in [2.05, 4.69) is 26.1 Å². The van der Waals surface area contributed by atoms with E-state index in [4.69, 9.17) is 11.6 Å². The van der Waals surface area contributed by atoms with Crippen LogP contribution in [0, 0.1) is 0 Å². The van der Waals surface area contributed by atoms with Gasteiger partial charge < -0.3 is 10.4 Å². The second-order valence-electron chi connectivity index (χ2n) is 5.07. The fourth-order valence-electron chi connectivity index (χ4n) is 1.82. The lowest BCUT2D eigenvalue weighted by Crippen LogP contribution is -2.49. The van der Waals surface area contributed by atoms with Crippen LogP contribution in [0.3, 0.4) is 0 Å². The van der Waals surface area contributed by atoms with Crippen LogP contribution in [-0.2, 0) is 0 Å². The summed E-state index contributed by atoms with van der Waals surface area (Å²) in [4.78, 5) is 1.21. The molecule has 0 aliphatic heterocycles. The molecule has 0 spiro atoms. The van der Waals surface area contributed by atoms with E-state index in [9.17, 15) is 5.11 Å². The largest absolute Gasteiger partial charge is 0.394 e. The fraction of sp³-hybridized carbons (Fsp3) is 0.571. The number of halogens is 1. The third-order valence-corrected chi connectivity index (χ3v) is 3.99. The van der Waals surface area contributed by atoms with E-state index in [1.807, 2.05) is 24.3 Å². The first-order valence-corrected chi connectivity index (χ1v) is 7.58. The van der Waals surface area contributed by atoms with Crippen LogP contribution in [-0.4, -0.2) is 29.0 Å². The molecule has 1 atom stereocenters. The van der Waals surface area contributed by atoms with Crippen molar-refractivity contribution >= 4 is 23.4 Å². The molecule has 1 aromatic carbocycles. The van der Waals surface area contributed by atoms with Gasteiger partial charge in [-0.05, 0) is 43.4 Å². The molecule has 0 radical (unpaired) electrons. The SMILES string of the molecule is CC(C)NC(C)(CO)CCSc1ccc(Cl)cc1. The van der Waals surface area contributed by atoms with Crippen LogP contribution in [0.4, 0.5) is 0 Å². The number of thioether (sulfide) groups is 1. The molecule has 0 bridgehead atoms. The maximum absolute atomic E-state index is 9.48. The first kappa shape index (κ1) is 15.8. The molecular formula is C14H22ClNOS. The number of nitrogens with one attached hydrogen (secondary N) is 1. The minimum absolute atomic E-state index is 0.159. The van der Waals surface area contributed by atoms with Gasteiger partial charge in [0.05, 0.1) is 6.61 Å². The Bertz CT molecular complexity index is 355. The molecule has 1 rings (SSSR count). The molecule has 0 aromatic heterocycles. The quantitative estimate of drug-likeness (QED) is 0.752. The van der Waals surface area contributed by atoms with Crippen molar-refractivity contribution in [2.24, 2.45) is 0 Å². The number of aliphatic hydroxyl groups excluding tert-OH is 1. The highest BCUT2D eigenvalue weighted by atomic mass is 35.5. The van der Waals surface area contributed by atoms with Crippen molar-refractivity contribution in [2.75, 3.05) is 12.4 Å². The zero-order valence-electron chi connectivity index (χ0n) is 11.2. The van der Waals surface area contributed by atoms with Gasteiger partial charge in [-0.25, -0.2) is 0 Å². The predicted molar refractivity (Wildman–Crippen MR) is 80.6 cm³/mol. The minimum Gasteiger partial charge on any atom is -0.394 e. The summed E-state index contributed by atoms with van der Waals surface area (Å²) in [5, 5.41) is 13.7. The standard InChI is InChI=1S/C14H22ClNOS/c1-11(2)16-14(3,10-17)8-9-18-13-6-4-12(15)5-7-13/h4-7,11,16-17H,8-10H2,1-3H3. The molecule has 1 aromatic rings. The number of hydrogen-bond acceptors (Lipinski definition) is 3. The Hall–Kier alpha value is -0.220. The van der Waals surface area contributed by atoms with Crippen molar-refractivity contribution in [1.82, 2.24) is 5.32 Å². The second-order valence-corrected chi connectivity index (χ2v) is 6.67. The second kappa shape index (κ2) is 7.39. The highest BCUT2D eigenvalue weighted by Crippen LogP contribution is 2.23. The van der Waals surface area contributed by atoms with Crippen molar-refractivity contribution in [2.45, 2.75) is 43.7 Å². The van der Waals surface area contributed by atoms with E-state index >= 15 is 0 Å².